The summed E-state index contributed by atoms with van der Waals surface area (Å²) in [6, 6.07) is 21.0. The molecule has 0 spiro atoms. The van der Waals surface area contributed by atoms with Gasteiger partial charge in [0.1, 0.15) is 13.2 Å². The average molecular weight is 488 g/mol. The molecule has 2 aromatic carbocycles. The van der Waals surface area contributed by atoms with Crippen LogP contribution in [0.15, 0.2) is 83.6 Å². The van der Waals surface area contributed by atoms with E-state index in [1.165, 1.54) is 6.20 Å². The van der Waals surface area contributed by atoms with E-state index in [9.17, 15) is 4.79 Å². The molecule has 0 saturated carbocycles. The van der Waals surface area contributed by atoms with Crippen molar-refractivity contribution in [3.63, 3.8) is 0 Å². The van der Waals surface area contributed by atoms with Crippen molar-refractivity contribution < 1.29 is 14.3 Å². The summed E-state index contributed by atoms with van der Waals surface area (Å²) in [5, 5.41) is 2.92. The molecule has 3 heterocycles. The maximum absolute atomic E-state index is 12.6. The van der Waals surface area contributed by atoms with Gasteiger partial charge in [0.2, 0.25) is 0 Å². The van der Waals surface area contributed by atoms with Crippen LogP contribution in [0.5, 0.6) is 11.5 Å². The van der Waals surface area contributed by atoms with Gasteiger partial charge in [-0.1, -0.05) is 18.2 Å². The normalized spacial score (nSPS) is 12.3. The summed E-state index contributed by atoms with van der Waals surface area (Å²) in [6.45, 7) is 1.10. The summed E-state index contributed by atoms with van der Waals surface area (Å²) in [5.41, 5.74) is 4.63. The Morgan fingerprint density at radius 2 is 1.59 bits per heavy atom. The van der Waals surface area contributed by atoms with Crippen molar-refractivity contribution >= 4 is 27.5 Å². The molecule has 1 aliphatic heterocycles. The fourth-order valence-electron chi connectivity index (χ4n) is 3.45. The van der Waals surface area contributed by atoms with Crippen LogP contribution in [-0.2, 0) is 0 Å². The molecule has 2 aromatic heterocycles. The van der Waals surface area contributed by atoms with Crippen LogP contribution in [0.3, 0.4) is 0 Å². The lowest BCUT2D eigenvalue weighted by Crippen LogP contribution is -2.15. The van der Waals surface area contributed by atoms with E-state index in [0.29, 0.717) is 24.5 Å². The maximum Gasteiger partial charge on any atom is 0.257 e. The second kappa shape index (κ2) is 8.80. The predicted molar refractivity (Wildman–Crippen MR) is 126 cm³/mol. The Balaban J connectivity index is 1.40. The lowest BCUT2D eigenvalue weighted by molar-refractivity contribution is 0.102. The topological polar surface area (TPSA) is 73.3 Å². The van der Waals surface area contributed by atoms with E-state index < -0.39 is 0 Å². The van der Waals surface area contributed by atoms with Crippen LogP contribution in [0.1, 0.15) is 10.4 Å². The number of ether oxygens (including phenoxy) is 2. The van der Waals surface area contributed by atoms with E-state index in [-0.39, 0.29) is 5.91 Å². The van der Waals surface area contributed by atoms with Crippen molar-refractivity contribution in [3.05, 3.63) is 89.2 Å². The first-order valence-corrected chi connectivity index (χ1v) is 10.8. The molecule has 1 N–H and O–H groups in total. The molecular formula is C25H18BrN3O3. The van der Waals surface area contributed by atoms with Crippen molar-refractivity contribution in [2.24, 2.45) is 0 Å². The summed E-state index contributed by atoms with van der Waals surface area (Å²) in [4.78, 5) is 21.4. The van der Waals surface area contributed by atoms with Crippen LogP contribution in [0.4, 0.5) is 5.69 Å². The third-order valence-electron chi connectivity index (χ3n) is 4.97. The quantitative estimate of drug-likeness (QED) is 0.405. The first-order chi connectivity index (χ1) is 15.7. The molecule has 1 aliphatic rings. The molecule has 1 amide bonds. The zero-order chi connectivity index (χ0) is 21.9. The zero-order valence-electron chi connectivity index (χ0n) is 16.9. The van der Waals surface area contributed by atoms with Gasteiger partial charge in [0, 0.05) is 33.7 Å². The molecule has 0 unspecified atom stereocenters. The number of carbonyl (C=O) groups is 1. The Labute approximate surface area is 193 Å². The number of rotatable bonds is 4. The fraction of sp³-hybridized carbons (Fsp3) is 0.0800. The summed E-state index contributed by atoms with van der Waals surface area (Å²) < 4.78 is 12.0. The third-order valence-corrected chi connectivity index (χ3v) is 5.40. The molecular weight excluding hydrogens is 470 g/mol. The molecule has 0 radical (unpaired) electrons. The fourth-order valence-corrected chi connectivity index (χ4v) is 3.82. The van der Waals surface area contributed by atoms with Gasteiger partial charge in [0.05, 0.1) is 17.0 Å². The molecule has 0 bridgehead atoms. The predicted octanol–water partition coefficient (Wildman–Crippen LogP) is 5.60. The van der Waals surface area contributed by atoms with Crippen LogP contribution < -0.4 is 14.8 Å². The molecule has 6 nitrogen and oxygen atoms in total. The largest absolute Gasteiger partial charge is 0.486 e. The summed E-state index contributed by atoms with van der Waals surface area (Å²) in [5.74, 6) is 1.25. The van der Waals surface area contributed by atoms with Gasteiger partial charge < -0.3 is 14.8 Å². The number of hydrogen-bond acceptors (Lipinski definition) is 5. The number of carbonyl (C=O) groups excluding carboxylic acids is 1. The number of aromatic nitrogens is 2. The van der Waals surface area contributed by atoms with Gasteiger partial charge in [-0.3, -0.25) is 9.78 Å². The second-order valence-electron chi connectivity index (χ2n) is 7.19. The minimum absolute atomic E-state index is 0.228. The number of pyridine rings is 2. The van der Waals surface area contributed by atoms with Gasteiger partial charge in [0.25, 0.3) is 5.91 Å². The first-order valence-electron chi connectivity index (χ1n) is 10.1. The zero-order valence-corrected chi connectivity index (χ0v) is 18.5. The lowest BCUT2D eigenvalue weighted by Gasteiger charge is -2.18. The molecule has 0 aliphatic carbocycles. The first kappa shape index (κ1) is 20.2. The number of amides is 1. The standard InChI is InChI=1S/C25H18BrN3O3/c26-19-11-18(14-27-15-19)25(30)28-20-4-1-3-16(12-20)21-5-2-6-22(29-21)17-7-8-23-24(13-17)32-10-9-31-23/h1-8,11-15H,9-10H2,(H,28,30). The number of hydrogen-bond donors (Lipinski definition) is 1. The van der Waals surface area contributed by atoms with Crippen molar-refractivity contribution in [3.8, 4) is 34.0 Å². The Kier molecular flexibility index (Phi) is 5.56. The minimum atomic E-state index is -0.228. The Morgan fingerprint density at radius 3 is 2.41 bits per heavy atom. The Bertz CT molecular complexity index is 1310. The van der Waals surface area contributed by atoms with Crippen LogP contribution in [0.25, 0.3) is 22.5 Å². The number of anilines is 1. The van der Waals surface area contributed by atoms with Gasteiger partial charge in [-0.15, -0.1) is 0 Å². The van der Waals surface area contributed by atoms with E-state index in [1.54, 1.807) is 12.3 Å². The number of halogens is 1. The molecule has 4 aromatic rings. The van der Waals surface area contributed by atoms with Gasteiger partial charge in [0.15, 0.2) is 11.5 Å². The lowest BCUT2D eigenvalue weighted by atomic mass is 10.1. The highest BCUT2D eigenvalue weighted by molar-refractivity contribution is 9.10. The van der Waals surface area contributed by atoms with E-state index in [1.807, 2.05) is 60.7 Å². The number of fused-ring (bicyclic) bond motifs is 1. The maximum atomic E-state index is 12.6. The van der Waals surface area contributed by atoms with Gasteiger partial charge in [-0.2, -0.15) is 0 Å². The molecule has 32 heavy (non-hydrogen) atoms. The van der Waals surface area contributed by atoms with Crippen molar-refractivity contribution in [1.29, 1.82) is 0 Å². The van der Waals surface area contributed by atoms with Crippen LogP contribution in [0, 0.1) is 0 Å². The molecule has 0 atom stereocenters. The third kappa shape index (κ3) is 4.33. The van der Waals surface area contributed by atoms with Gasteiger partial charge >= 0.3 is 0 Å². The Morgan fingerprint density at radius 1 is 0.844 bits per heavy atom. The number of nitrogens with one attached hydrogen (secondary N) is 1. The highest BCUT2D eigenvalue weighted by Crippen LogP contribution is 2.34. The molecule has 0 fully saturated rings. The summed E-state index contributed by atoms with van der Waals surface area (Å²) >= 11 is 3.34. The second-order valence-corrected chi connectivity index (χ2v) is 8.11. The van der Waals surface area contributed by atoms with E-state index in [4.69, 9.17) is 14.5 Å². The Hall–Kier alpha value is -3.71. The van der Waals surface area contributed by atoms with Crippen molar-refractivity contribution in [2.45, 2.75) is 0 Å². The van der Waals surface area contributed by atoms with E-state index in [0.717, 1.165) is 38.5 Å². The molecule has 5 rings (SSSR count). The van der Waals surface area contributed by atoms with E-state index in [2.05, 4.69) is 26.2 Å². The SMILES string of the molecule is O=C(Nc1cccc(-c2cccc(-c3ccc4c(c3)OCCO4)n2)c1)c1cncc(Br)c1. The van der Waals surface area contributed by atoms with Gasteiger partial charge in [-0.25, -0.2) is 4.98 Å². The number of nitrogens with zero attached hydrogens (tertiary/aromatic N) is 2. The smallest absolute Gasteiger partial charge is 0.257 e. The monoisotopic (exact) mass is 487 g/mol. The van der Waals surface area contributed by atoms with Crippen LogP contribution >= 0.6 is 15.9 Å². The molecule has 7 heteroatoms. The number of benzene rings is 2. The van der Waals surface area contributed by atoms with Gasteiger partial charge in [-0.05, 0) is 64.5 Å². The highest BCUT2D eigenvalue weighted by atomic mass is 79.9. The average Bonchev–Trinajstić information content (AvgIpc) is 2.84. The van der Waals surface area contributed by atoms with Crippen LogP contribution in [0.2, 0.25) is 0 Å². The van der Waals surface area contributed by atoms with Crippen molar-refractivity contribution in [2.75, 3.05) is 18.5 Å². The summed E-state index contributed by atoms with van der Waals surface area (Å²) in [6.07, 6.45) is 3.17. The molecule has 158 valence electrons. The minimum Gasteiger partial charge on any atom is -0.486 e. The highest BCUT2D eigenvalue weighted by Gasteiger charge is 2.14. The van der Waals surface area contributed by atoms with Crippen LogP contribution in [-0.4, -0.2) is 29.1 Å². The van der Waals surface area contributed by atoms with E-state index >= 15 is 0 Å². The summed E-state index contributed by atoms with van der Waals surface area (Å²) in [7, 11) is 0. The molecule has 0 saturated heterocycles. The van der Waals surface area contributed by atoms with Crippen molar-refractivity contribution in [1.82, 2.24) is 9.97 Å².